The van der Waals surface area contributed by atoms with Crippen LogP contribution in [0.25, 0.3) is 88.3 Å². The summed E-state index contributed by atoms with van der Waals surface area (Å²) >= 11 is 0. The molecule has 0 amide bonds. The summed E-state index contributed by atoms with van der Waals surface area (Å²) in [5, 5.41) is 4.09. The molecule has 0 fully saturated rings. The molecule has 0 bridgehead atoms. The molecule has 5 aromatic heterocycles. The highest BCUT2D eigenvalue weighted by atomic mass is 16.3. The van der Waals surface area contributed by atoms with E-state index in [1.165, 1.54) is 0 Å². The third-order valence-corrected chi connectivity index (χ3v) is 7.61. The fourth-order valence-corrected chi connectivity index (χ4v) is 5.87. The Morgan fingerprint density at radius 2 is 1.05 bits per heavy atom. The molecule has 5 heterocycles. The highest BCUT2D eigenvalue weighted by Crippen LogP contribution is 2.42. The zero-order valence-corrected chi connectivity index (χ0v) is 20.5. The maximum Gasteiger partial charge on any atom is 0.161 e. The van der Waals surface area contributed by atoms with Crippen LogP contribution in [0.3, 0.4) is 0 Å². The van der Waals surface area contributed by atoms with Crippen molar-refractivity contribution in [3.8, 4) is 22.3 Å². The van der Waals surface area contributed by atoms with Crippen LogP contribution >= 0.6 is 0 Å². The summed E-state index contributed by atoms with van der Waals surface area (Å²) < 4.78 is 18.9. The molecular formula is C34H18N2O3. The van der Waals surface area contributed by atoms with Crippen molar-refractivity contribution in [2.24, 2.45) is 0 Å². The number of pyridine rings is 2. The average Bonchev–Trinajstić information content (AvgIpc) is 3.67. The molecule has 9 aromatic rings. The minimum atomic E-state index is 0.773. The Bertz CT molecular complexity index is 2410. The normalized spacial score (nSPS) is 12.1. The molecule has 0 aliphatic carbocycles. The minimum Gasteiger partial charge on any atom is -0.456 e. The highest BCUT2D eigenvalue weighted by Gasteiger charge is 2.19. The Balaban J connectivity index is 1.33. The maximum absolute atomic E-state index is 6.33. The summed E-state index contributed by atoms with van der Waals surface area (Å²) in [7, 11) is 0. The monoisotopic (exact) mass is 502 g/mol. The van der Waals surface area contributed by atoms with Crippen LogP contribution in [0.5, 0.6) is 0 Å². The minimum absolute atomic E-state index is 0.773. The van der Waals surface area contributed by atoms with Crippen LogP contribution in [0, 0.1) is 0 Å². The van der Waals surface area contributed by atoms with Gasteiger partial charge in [-0.3, -0.25) is 9.97 Å². The summed E-state index contributed by atoms with van der Waals surface area (Å²) in [6.45, 7) is 0. The number of fused-ring (bicyclic) bond motifs is 9. The molecule has 0 spiro atoms. The molecule has 4 aromatic carbocycles. The van der Waals surface area contributed by atoms with Gasteiger partial charge >= 0.3 is 0 Å². The molecule has 39 heavy (non-hydrogen) atoms. The van der Waals surface area contributed by atoms with Gasteiger partial charge in [-0.15, -0.1) is 0 Å². The molecule has 0 saturated carbocycles. The molecule has 5 nitrogen and oxygen atoms in total. The lowest BCUT2D eigenvalue weighted by molar-refractivity contribution is 0.667. The summed E-state index contributed by atoms with van der Waals surface area (Å²) in [6, 6.07) is 32.5. The number of benzene rings is 4. The van der Waals surface area contributed by atoms with Crippen molar-refractivity contribution in [2.75, 3.05) is 0 Å². The molecule has 0 aliphatic rings. The number of hydrogen-bond donors (Lipinski definition) is 0. The van der Waals surface area contributed by atoms with Gasteiger partial charge in [-0.25, -0.2) is 0 Å². The van der Waals surface area contributed by atoms with E-state index in [0.717, 1.165) is 88.3 Å². The van der Waals surface area contributed by atoms with Gasteiger partial charge in [0, 0.05) is 45.1 Å². The Kier molecular flexibility index (Phi) is 3.99. The summed E-state index contributed by atoms with van der Waals surface area (Å²) in [5.74, 6) is 0. The van der Waals surface area contributed by atoms with E-state index in [-0.39, 0.29) is 0 Å². The van der Waals surface area contributed by atoms with E-state index in [9.17, 15) is 0 Å². The van der Waals surface area contributed by atoms with Crippen LogP contribution in [0.1, 0.15) is 0 Å². The van der Waals surface area contributed by atoms with Gasteiger partial charge in [-0.05, 0) is 65.7 Å². The van der Waals surface area contributed by atoms with Crippen molar-refractivity contribution in [1.29, 1.82) is 0 Å². The number of furan rings is 3. The predicted octanol–water partition coefficient (Wildman–Crippen LogP) is 9.51. The number of hydrogen-bond acceptors (Lipinski definition) is 5. The topological polar surface area (TPSA) is 65.2 Å². The van der Waals surface area contributed by atoms with Gasteiger partial charge < -0.3 is 13.3 Å². The van der Waals surface area contributed by atoms with Crippen LogP contribution < -0.4 is 0 Å². The van der Waals surface area contributed by atoms with Crippen LogP contribution in [0.4, 0.5) is 0 Å². The number of para-hydroxylation sites is 2. The predicted molar refractivity (Wildman–Crippen MR) is 155 cm³/mol. The molecule has 182 valence electrons. The van der Waals surface area contributed by atoms with E-state index in [1.807, 2.05) is 91.3 Å². The third-order valence-electron chi connectivity index (χ3n) is 7.61. The molecule has 0 atom stereocenters. The van der Waals surface area contributed by atoms with Crippen molar-refractivity contribution in [1.82, 2.24) is 9.97 Å². The lowest BCUT2D eigenvalue weighted by Gasteiger charge is -2.06. The lowest BCUT2D eigenvalue weighted by Crippen LogP contribution is -1.84. The molecule has 0 N–H and O–H groups in total. The summed E-state index contributed by atoms with van der Waals surface area (Å²) in [4.78, 5) is 9.28. The molecule has 0 radical (unpaired) electrons. The Morgan fingerprint density at radius 3 is 1.79 bits per heavy atom. The van der Waals surface area contributed by atoms with Crippen LogP contribution in [0.2, 0.25) is 0 Å². The number of aromatic nitrogens is 2. The van der Waals surface area contributed by atoms with Gasteiger partial charge in [0.2, 0.25) is 0 Å². The third kappa shape index (κ3) is 2.84. The van der Waals surface area contributed by atoms with Gasteiger partial charge in [-0.1, -0.05) is 42.5 Å². The fraction of sp³-hybridized carbons (Fsp3) is 0. The van der Waals surface area contributed by atoms with E-state index in [0.29, 0.717) is 0 Å². The first-order chi connectivity index (χ1) is 19.3. The largest absolute Gasteiger partial charge is 0.456 e. The quantitative estimate of drug-likeness (QED) is 0.235. The molecule has 0 aliphatic heterocycles. The number of rotatable bonds is 2. The van der Waals surface area contributed by atoms with Gasteiger partial charge in [-0.2, -0.15) is 0 Å². The lowest BCUT2D eigenvalue weighted by atomic mass is 9.97. The number of nitrogens with zero attached hydrogens (tertiary/aromatic N) is 2. The van der Waals surface area contributed by atoms with E-state index in [1.54, 1.807) is 0 Å². The second-order valence-corrected chi connectivity index (χ2v) is 9.76. The summed E-state index contributed by atoms with van der Waals surface area (Å²) in [5.41, 5.74) is 10.6. The summed E-state index contributed by atoms with van der Waals surface area (Å²) in [6.07, 6.45) is 3.69. The Morgan fingerprint density at radius 1 is 0.436 bits per heavy atom. The van der Waals surface area contributed by atoms with Crippen LogP contribution in [0.15, 0.2) is 123 Å². The van der Waals surface area contributed by atoms with Crippen molar-refractivity contribution in [3.05, 3.63) is 109 Å². The van der Waals surface area contributed by atoms with Crippen molar-refractivity contribution in [2.45, 2.75) is 0 Å². The SMILES string of the molecule is c1ccc2c(c1)oc1c(-c3ccc4oc5cccc(-c6ccnc7c6oc6ccccc67)c5c4c3)ccnc12. The second kappa shape index (κ2) is 7.55. The van der Waals surface area contributed by atoms with Crippen LogP contribution in [-0.4, -0.2) is 9.97 Å². The van der Waals surface area contributed by atoms with Crippen molar-refractivity contribution in [3.63, 3.8) is 0 Å². The van der Waals surface area contributed by atoms with E-state index < -0.39 is 0 Å². The van der Waals surface area contributed by atoms with Gasteiger partial charge in [0.25, 0.3) is 0 Å². The standard InChI is InChI=1S/C34H18N2O3/c1-3-9-26-23(6-1)31-33(38-26)20(14-16-35-31)19-12-13-28-25(18-19)30-21(8-5-11-29(30)37-28)22-15-17-36-32-24-7-2-4-10-27(24)39-34(22)32/h1-18H. The van der Waals surface area contributed by atoms with Gasteiger partial charge in [0.05, 0.1) is 0 Å². The highest BCUT2D eigenvalue weighted by molar-refractivity contribution is 6.17. The zero-order valence-electron chi connectivity index (χ0n) is 20.5. The van der Waals surface area contributed by atoms with E-state index in [4.69, 9.17) is 13.3 Å². The first kappa shape index (κ1) is 20.6. The first-order valence-electron chi connectivity index (χ1n) is 12.8. The molecule has 9 rings (SSSR count). The second-order valence-electron chi connectivity index (χ2n) is 9.76. The maximum atomic E-state index is 6.33. The molecule has 5 heteroatoms. The Hall–Kier alpha value is -5.42. The van der Waals surface area contributed by atoms with E-state index >= 15 is 0 Å². The van der Waals surface area contributed by atoms with Gasteiger partial charge in [0.15, 0.2) is 11.2 Å². The van der Waals surface area contributed by atoms with Gasteiger partial charge in [0.1, 0.15) is 33.4 Å². The van der Waals surface area contributed by atoms with Crippen molar-refractivity contribution >= 4 is 66.1 Å². The Labute approximate surface area is 220 Å². The fourth-order valence-electron chi connectivity index (χ4n) is 5.87. The zero-order chi connectivity index (χ0) is 25.5. The molecular weight excluding hydrogens is 484 g/mol. The van der Waals surface area contributed by atoms with Crippen LogP contribution in [-0.2, 0) is 0 Å². The molecule has 0 unspecified atom stereocenters. The molecule has 0 saturated heterocycles. The van der Waals surface area contributed by atoms with E-state index in [2.05, 4.69) is 28.2 Å². The smallest absolute Gasteiger partial charge is 0.161 e. The first-order valence-corrected chi connectivity index (χ1v) is 12.8. The average molecular weight is 503 g/mol. The van der Waals surface area contributed by atoms with Crippen molar-refractivity contribution < 1.29 is 13.3 Å².